The van der Waals surface area contributed by atoms with Gasteiger partial charge in [0.25, 0.3) is 0 Å². The zero-order chi connectivity index (χ0) is 9.47. The molecule has 2 rings (SSSR count). The molecule has 13 heavy (non-hydrogen) atoms. The summed E-state index contributed by atoms with van der Waals surface area (Å²) in [7, 11) is 0. The summed E-state index contributed by atoms with van der Waals surface area (Å²) in [6.07, 6.45) is 2.29. The Morgan fingerprint density at radius 3 is 2.38 bits per heavy atom. The van der Waals surface area contributed by atoms with Crippen LogP contribution in [0.4, 0.5) is 0 Å². The highest BCUT2D eigenvalue weighted by Gasteiger charge is 2.51. The second kappa shape index (κ2) is 3.10. The van der Waals surface area contributed by atoms with Crippen LogP contribution in [0.1, 0.15) is 25.3 Å². The van der Waals surface area contributed by atoms with Gasteiger partial charge in [0, 0.05) is 15.9 Å². The molecule has 0 aliphatic heterocycles. The molecule has 1 nitrogen and oxygen atoms in total. The van der Waals surface area contributed by atoms with E-state index in [9.17, 15) is 0 Å². The van der Waals surface area contributed by atoms with Crippen molar-refractivity contribution in [1.82, 2.24) is 0 Å². The second-order valence-electron chi connectivity index (χ2n) is 3.83. The van der Waals surface area contributed by atoms with Gasteiger partial charge >= 0.3 is 0 Å². The van der Waals surface area contributed by atoms with Crippen LogP contribution in [0.3, 0.4) is 0 Å². The van der Waals surface area contributed by atoms with Crippen LogP contribution in [0.25, 0.3) is 0 Å². The molecule has 0 radical (unpaired) electrons. The van der Waals surface area contributed by atoms with Crippen LogP contribution >= 0.6 is 15.9 Å². The molecule has 1 fully saturated rings. The molecule has 1 aliphatic rings. The molecule has 2 atom stereocenters. The van der Waals surface area contributed by atoms with Gasteiger partial charge < -0.3 is 5.73 Å². The van der Waals surface area contributed by atoms with Crippen molar-refractivity contribution < 1.29 is 0 Å². The van der Waals surface area contributed by atoms with Gasteiger partial charge in [-0.05, 0) is 30.5 Å². The minimum Gasteiger partial charge on any atom is -0.327 e. The van der Waals surface area contributed by atoms with E-state index >= 15 is 0 Å². The van der Waals surface area contributed by atoms with Crippen LogP contribution in [0.2, 0.25) is 0 Å². The molecule has 1 aromatic carbocycles. The summed E-state index contributed by atoms with van der Waals surface area (Å²) >= 11 is 3.44. The second-order valence-corrected chi connectivity index (χ2v) is 4.74. The van der Waals surface area contributed by atoms with Gasteiger partial charge in [-0.15, -0.1) is 0 Å². The average Bonchev–Trinajstić information content (AvgIpc) is 2.79. The van der Waals surface area contributed by atoms with E-state index in [1.54, 1.807) is 0 Å². The molecule has 1 aromatic rings. The van der Waals surface area contributed by atoms with Gasteiger partial charge in [0.05, 0.1) is 0 Å². The third kappa shape index (κ3) is 1.42. The third-order valence-corrected chi connectivity index (χ3v) is 3.71. The highest BCUT2D eigenvalue weighted by Crippen LogP contribution is 2.49. The normalized spacial score (nSPS) is 31.8. The average molecular weight is 240 g/mol. The quantitative estimate of drug-likeness (QED) is 0.845. The standard InChI is InChI=1S/C11H14BrN/c1-2-11(7-10(11)13)8-3-5-9(12)6-4-8/h3-6,10H,2,7,13H2,1H3/t10-,11?/m1/s1. The highest BCUT2D eigenvalue weighted by atomic mass is 79.9. The van der Waals surface area contributed by atoms with Crippen molar-refractivity contribution in [3.8, 4) is 0 Å². The Morgan fingerprint density at radius 2 is 2.00 bits per heavy atom. The molecule has 0 aromatic heterocycles. The molecule has 0 spiro atoms. The lowest BCUT2D eigenvalue weighted by Gasteiger charge is -2.13. The van der Waals surface area contributed by atoms with Crippen molar-refractivity contribution in [2.45, 2.75) is 31.2 Å². The summed E-state index contributed by atoms with van der Waals surface area (Å²) in [6, 6.07) is 8.93. The Balaban J connectivity index is 2.31. The van der Waals surface area contributed by atoms with E-state index in [0.717, 1.165) is 17.3 Å². The van der Waals surface area contributed by atoms with Crippen molar-refractivity contribution >= 4 is 15.9 Å². The van der Waals surface area contributed by atoms with E-state index in [2.05, 4.69) is 47.1 Å². The van der Waals surface area contributed by atoms with Gasteiger partial charge in [-0.3, -0.25) is 0 Å². The fourth-order valence-electron chi connectivity index (χ4n) is 2.06. The molecule has 0 amide bonds. The first-order valence-corrected chi connectivity index (χ1v) is 5.50. The Hall–Kier alpha value is -0.340. The number of halogens is 1. The maximum Gasteiger partial charge on any atom is 0.0175 e. The first kappa shape index (κ1) is 9.22. The molecule has 0 bridgehead atoms. The van der Waals surface area contributed by atoms with Crippen LogP contribution in [-0.4, -0.2) is 6.04 Å². The minimum atomic E-state index is 0.292. The van der Waals surface area contributed by atoms with Crippen molar-refractivity contribution in [2.75, 3.05) is 0 Å². The monoisotopic (exact) mass is 239 g/mol. The topological polar surface area (TPSA) is 26.0 Å². The van der Waals surface area contributed by atoms with Gasteiger partial charge in [-0.2, -0.15) is 0 Å². The maximum absolute atomic E-state index is 5.97. The Labute approximate surface area is 87.5 Å². The van der Waals surface area contributed by atoms with Gasteiger partial charge in [0.15, 0.2) is 0 Å². The van der Waals surface area contributed by atoms with Crippen LogP contribution in [0, 0.1) is 0 Å². The number of hydrogen-bond donors (Lipinski definition) is 1. The Morgan fingerprint density at radius 1 is 1.46 bits per heavy atom. The maximum atomic E-state index is 5.97. The zero-order valence-corrected chi connectivity index (χ0v) is 9.34. The van der Waals surface area contributed by atoms with Crippen LogP contribution < -0.4 is 5.73 Å². The first-order chi connectivity index (χ1) is 6.19. The number of nitrogens with two attached hydrogens (primary N) is 1. The molecule has 1 saturated carbocycles. The SMILES string of the molecule is CCC1(c2ccc(Br)cc2)C[C@H]1N. The van der Waals surface area contributed by atoms with Crippen LogP contribution in [0.5, 0.6) is 0 Å². The van der Waals surface area contributed by atoms with Crippen molar-refractivity contribution in [1.29, 1.82) is 0 Å². The summed E-state index contributed by atoms with van der Waals surface area (Å²) in [5, 5.41) is 0. The molecular formula is C11H14BrN. The van der Waals surface area contributed by atoms with Crippen molar-refractivity contribution in [3.05, 3.63) is 34.3 Å². The Bertz CT molecular complexity index is 302. The van der Waals surface area contributed by atoms with Crippen molar-refractivity contribution in [2.24, 2.45) is 5.73 Å². The highest BCUT2D eigenvalue weighted by molar-refractivity contribution is 9.10. The molecule has 0 heterocycles. The van der Waals surface area contributed by atoms with E-state index in [1.165, 1.54) is 5.56 Å². The van der Waals surface area contributed by atoms with E-state index < -0.39 is 0 Å². The molecule has 1 unspecified atom stereocenters. The number of hydrogen-bond acceptors (Lipinski definition) is 1. The van der Waals surface area contributed by atoms with E-state index in [0.29, 0.717) is 11.5 Å². The Kier molecular flexibility index (Phi) is 2.20. The summed E-state index contributed by atoms with van der Waals surface area (Å²) in [6.45, 7) is 2.22. The first-order valence-electron chi connectivity index (χ1n) is 4.70. The molecule has 2 N–H and O–H groups in total. The van der Waals surface area contributed by atoms with Gasteiger partial charge in [0.1, 0.15) is 0 Å². The predicted molar refractivity (Wildman–Crippen MR) is 58.7 cm³/mol. The van der Waals surface area contributed by atoms with Crippen LogP contribution in [-0.2, 0) is 5.41 Å². The zero-order valence-electron chi connectivity index (χ0n) is 7.76. The molecule has 70 valence electrons. The lowest BCUT2D eigenvalue weighted by atomic mass is 9.92. The fraction of sp³-hybridized carbons (Fsp3) is 0.455. The minimum absolute atomic E-state index is 0.292. The summed E-state index contributed by atoms with van der Waals surface area (Å²) in [5.74, 6) is 0. The van der Waals surface area contributed by atoms with E-state index in [1.807, 2.05) is 0 Å². The van der Waals surface area contributed by atoms with Crippen LogP contribution in [0.15, 0.2) is 28.7 Å². The van der Waals surface area contributed by atoms with Gasteiger partial charge in [0.2, 0.25) is 0 Å². The summed E-state index contributed by atoms with van der Waals surface area (Å²) in [5.41, 5.74) is 7.66. The molecule has 2 heteroatoms. The summed E-state index contributed by atoms with van der Waals surface area (Å²) < 4.78 is 1.14. The van der Waals surface area contributed by atoms with E-state index in [4.69, 9.17) is 5.73 Å². The van der Waals surface area contributed by atoms with Gasteiger partial charge in [-0.1, -0.05) is 35.0 Å². The molecular weight excluding hydrogens is 226 g/mol. The third-order valence-electron chi connectivity index (χ3n) is 3.18. The summed E-state index contributed by atoms with van der Waals surface area (Å²) in [4.78, 5) is 0. The molecule has 1 aliphatic carbocycles. The van der Waals surface area contributed by atoms with Gasteiger partial charge in [-0.25, -0.2) is 0 Å². The smallest absolute Gasteiger partial charge is 0.0175 e. The lowest BCUT2D eigenvalue weighted by Crippen LogP contribution is -2.17. The van der Waals surface area contributed by atoms with Crippen molar-refractivity contribution in [3.63, 3.8) is 0 Å². The van der Waals surface area contributed by atoms with E-state index in [-0.39, 0.29) is 0 Å². The number of benzene rings is 1. The predicted octanol–water partition coefficient (Wildman–Crippen LogP) is 2.83. The number of rotatable bonds is 2. The molecule has 0 saturated heterocycles. The fourth-order valence-corrected chi connectivity index (χ4v) is 2.32. The largest absolute Gasteiger partial charge is 0.327 e. The lowest BCUT2D eigenvalue weighted by molar-refractivity contribution is 0.634.